The van der Waals surface area contributed by atoms with Crippen LogP contribution in [0.5, 0.6) is 0 Å². The van der Waals surface area contributed by atoms with E-state index in [1.165, 1.54) is 0 Å². The lowest BCUT2D eigenvalue weighted by atomic mass is 11.5. The Bertz CT molecular complexity index is 162. The van der Waals surface area contributed by atoms with E-state index in [1.54, 1.807) is 0 Å². The van der Waals surface area contributed by atoms with Gasteiger partial charge in [0.25, 0.3) is 4.88 Å². The molecule has 0 rings (SSSR count). The van der Waals surface area contributed by atoms with Crippen molar-refractivity contribution in [2.45, 2.75) is 23.5 Å². The van der Waals surface area contributed by atoms with E-state index in [2.05, 4.69) is 0 Å². The first-order valence-corrected chi connectivity index (χ1v) is 7.62. The van der Waals surface area contributed by atoms with Crippen LogP contribution in [0, 0.1) is 0 Å². The lowest BCUT2D eigenvalue weighted by molar-refractivity contribution is -0.0377. The number of thioether (sulfide) groups is 1. The van der Waals surface area contributed by atoms with Gasteiger partial charge in [-0.3, -0.25) is 0 Å². The first-order chi connectivity index (χ1) is 4.96. The molecule has 12 heavy (non-hydrogen) atoms. The summed E-state index contributed by atoms with van der Waals surface area (Å²) >= 11 is 3.86. The van der Waals surface area contributed by atoms with E-state index < -0.39 is 29.5 Å². The molecule has 0 bridgehead atoms. The number of rotatable bonds is 2. The fourth-order valence-corrected chi connectivity index (χ4v) is 2.22. The van der Waals surface area contributed by atoms with Crippen molar-refractivity contribution in [1.29, 1.82) is 0 Å². The first kappa shape index (κ1) is 12.5. The van der Waals surface area contributed by atoms with Gasteiger partial charge in [-0.05, 0) is 13.1 Å². The van der Waals surface area contributed by atoms with Crippen molar-refractivity contribution in [2.24, 2.45) is 0 Å². The lowest BCUT2D eigenvalue weighted by Gasteiger charge is -2.25. The highest BCUT2D eigenvalue weighted by Crippen LogP contribution is 2.48. The molecule has 0 aliphatic carbocycles. The molecule has 0 amide bonds. The molecular formula is C4H6ClF5SSi. The largest absolute Gasteiger partial charge is 0.446 e. The van der Waals surface area contributed by atoms with Crippen molar-refractivity contribution in [3.05, 3.63) is 0 Å². The lowest BCUT2D eigenvalue weighted by Crippen LogP contribution is -2.41. The van der Waals surface area contributed by atoms with Crippen LogP contribution in [0.4, 0.5) is 22.0 Å². The van der Waals surface area contributed by atoms with Gasteiger partial charge >= 0.3 is 5.51 Å². The quantitative estimate of drug-likeness (QED) is 0.404. The highest BCUT2D eigenvalue weighted by molar-refractivity contribution is 8.03. The summed E-state index contributed by atoms with van der Waals surface area (Å²) in [5.41, 5.74) is -4.94. The van der Waals surface area contributed by atoms with Crippen LogP contribution in [0.1, 0.15) is 0 Å². The minimum atomic E-state index is -4.94. The minimum Gasteiger partial charge on any atom is -0.198 e. The van der Waals surface area contributed by atoms with Crippen molar-refractivity contribution < 1.29 is 22.0 Å². The third-order valence-electron chi connectivity index (χ3n) is 0.936. The molecular weight excluding hydrogens is 239 g/mol. The zero-order valence-electron chi connectivity index (χ0n) is 6.18. The maximum Gasteiger partial charge on any atom is 0.446 e. The molecule has 0 spiro atoms. The molecule has 8 heteroatoms. The molecule has 0 aromatic rings. The Morgan fingerprint density at radius 1 is 1.08 bits per heavy atom. The van der Waals surface area contributed by atoms with E-state index in [-0.39, 0.29) is 0 Å². The summed E-state index contributed by atoms with van der Waals surface area (Å²) in [4.78, 5) is -3.88. The molecule has 0 aromatic carbocycles. The van der Waals surface area contributed by atoms with Crippen LogP contribution in [0.15, 0.2) is 0 Å². The van der Waals surface area contributed by atoms with Crippen molar-refractivity contribution >= 4 is 30.2 Å². The normalized spacial score (nSPS) is 15.0. The fourth-order valence-electron chi connectivity index (χ4n) is 0.267. The second-order valence-electron chi connectivity index (χ2n) is 2.54. The van der Waals surface area contributed by atoms with Crippen LogP contribution >= 0.6 is 22.8 Å². The van der Waals surface area contributed by atoms with Gasteiger partial charge in [-0.2, -0.15) is 33.0 Å². The maximum absolute atomic E-state index is 12.6. The number of hydrogen-bond acceptors (Lipinski definition) is 1. The molecule has 0 aliphatic rings. The molecule has 0 aromatic heterocycles. The van der Waals surface area contributed by atoms with E-state index in [9.17, 15) is 22.0 Å². The van der Waals surface area contributed by atoms with E-state index in [1.807, 2.05) is 0 Å². The topological polar surface area (TPSA) is 0 Å². The van der Waals surface area contributed by atoms with Crippen LogP contribution in [-0.2, 0) is 0 Å². The SMILES string of the molecule is C[Si](C)(Cl)C(F)(F)SC(F)(F)F. The molecule has 0 atom stereocenters. The predicted octanol–water partition coefficient (Wildman–Crippen LogP) is 3.82. The highest BCUT2D eigenvalue weighted by Gasteiger charge is 2.55. The van der Waals surface area contributed by atoms with Gasteiger partial charge in [0.15, 0.2) is 0 Å². The van der Waals surface area contributed by atoms with Crippen molar-refractivity contribution in [3.8, 4) is 0 Å². The first-order valence-electron chi connectivity index (χ1n) is 2.79. The molecule has 0 aliphatic heterocycles. The summed E-state index contributed by atoms with van der Waals surface area (Å²) in [5.74, 6) is 0. The average molecular weight is 245 g/mol. The van der Waals surface area contributed by atoms with E-state index in [0.717, 1.165) is 13.1 Å². The van der Waals surface area contributed by atoms with Gasteiger partial charge < -0.3 is 0 Å². The Morgan fingerprint density at radius 3 is 1.50 bits per heavy atom. The van der Waals surface area contributed by atoms with Crippen LogP contribution in [0.3, 0.4) is 0 Å². The Balaban J connectivity index is 4.44. The van der Waals surface area contributed by atoms with E-state index >= 15 is 0 Å². The minimum absolute atomic E-state index is 0.966. The molecule has 0 nitrogen and oxygen atoms in total. The molecule has 0 fully saturated rings. The van der Waals surface area contributed by atoms with Crippen molar-refractivity contribution in [2.75, 3.05) is 0 Å². The van der Waals surface area contributed by atoms with Crippen LogP contribution in [0.25, 0.3) is 0 Å². The molecule has 0 heterocycles. The summed E-state index contributed by atoms with van der Waals surface area (Å²) < 4.78 is 59.8. The second-order valence-corrected chi connectivity index (χ2v) is 10.5. The molecule has 74 valence electrons. The monoisotopic (exact) mass is 244 g/mol. The van der Waals surface area contributed by atoms with E-state index in [4.69, 9.17) is 11.1 Å². The molecule has 0 N–H and O–H groups in total. The smallest absolute Gasteiger partial charge is 0.198 e. The zero-order valence-corrected chi connectivity index (χ0v) is 8.75. The van der Waals surface area contributed by atoms with Crippen molar-refractivity contribution in [3.63, 3.8) is 0 Å². The summed E-state index contributed by atoms with van der Waals surface area (Å²) in [5, 5.41) is 0. The predicted molar refractivity (Wildman–Crippen MR) is 41.9 cm³/mol. The Hall–Kier alpha value is 0.507. The fraction of sp³-hybridized carbons (Fsp3) is 1.00. The van der Waals surface area contributed by atoms with Crippen molar-refractivity contribution in [1.82, 2.24) is 0 Å². The van der Waals surface area contributed by atoms with Crippen LogP contribution in [0.2, 0.25) is 13.1 Å². The van der Waals surface area contributed by atoms with Gasteiger partial charge in [-0.25, -0.2) is 0 Å². The van der Waals surface area contributed by atoms with Gasteiger partial charge in [-0.1, -0.05) is 0 Å². The molecule has 0 unspecified atom stereocenters. The van der Waals surface area contributed by atoms with Gasteiger partial charge in [-0.15, -0.1) is 0 Å². The molecule has 0 radical (unpaired) electrons. The Labute approximate surface area is 76.2 Å². The molecule has 0 saturated carbocycles. The standard InChI is InChI=1S/C4H6ClF5SSi/c1-12(2,5)4(9,10)11-3(6,7)8/h1-2H3. The van der Waals surface area contributed by atoms with Gasteiger partial charge in [0.2, 0.25) is 7.38 Å². The summed E-state index contributed by atoms with van der Waals surface area (Å²) in [6.45, 7) is 1.93. The van der Waals surface area contributed by atoms with Gasteiger partial charge in [0.1, 0.15) is 0 Å². The maximum atomic E-state index is 12.6. The molecule has 0 saturated heterocycles. The second kappa shape index (κ2) is 3.34. The van der Waals surface area contributed by atoms with E-state index in [0.29, 0.717) is 0 Å². The highest BCUT2D eigenvalue weighted by atomic mass is 35.6. The third-order valence-corrected chi connectivity index (χ3v) is 5.69. The number of hydrogen-bond donors (Lipinski definition) is 0. The summed E-state index contributed by atoms with van der Waals surface area (Å²) in [6.07, 6.45) is 0. The van der Waals surface area contributed by atoms with Gasteiger partial charge in [0, 0.05) is 11.8 Å². The van der Waals surface area contributed by atoms with Gasteiger partial charge in [0.05, 0.1) is 0 Å². The summed E-state index contributed by atoms with van der Waals surface area (Å²) in [6, 6.07) is 0. The third kappa shape index (κ3) is 3.95. The number of halogens is 6. The number of alkyl halides is 5. The van der Waals surface area contributed by atoms with Crippen LogP contribution < -0.4 is 0 Å². The Kier molecular flexibility index (Phi) is 3.48. The zero-order chi connectivity index (χ0) is 10.2. The van der Waals surface area contributed by atoms with Crippen LogP contribution in [-0.4, -0.2) is 17.8 Å². The summed E-state index contributed by atoms with van der Waals surface area (Å²) in [7, 11) is -3.61. The Morgan fingerprint density at radius 2 is 1.42 bits per heavy atom. The average Bonchev–Trinajstić information content (AvgIpc) is 1.52.